The first kappa shape index (κ1) is 11.8. The van der Waals surface area contributed by atoms with E-state index in [1.807, 2.05) is 24.3 Å². The summed E-state index contributed by atoms with van der Waals surface area (Å²) in [5, 5.41) is 10.3. The summed E-state index contributed by atoms with van der Waals surface area (Å²) >= 11 is 0. The third-order valence-electron chi connectivity index (χ3n) is 2.94. The quantitative estimate of drug-likeness (QED) is 0.746. The fraction of sp³-hybridized carbons (Fsp3) is 0.500. The van der Waals surface area contributed by atoms with E-state index in [9.17, 15) is 5.11 Å². The largest absolute Gasteiger partial charge is 0.385 e. The van der Waals surface area contributed by atoms with Crippen LogP contribution in [-0.2, 0) is 22.7 Å². The van der Waals surface area contributed by atoms with Gasteiger partial charge in [0.2, 0.25) is 0 Å². The number of aliphatic hydroxyl groups is 1. The molecule has 1 aliphatic carbocycles. The molecule has 1 aromatic rings. The first-order valence-electron chi connectivity index (χ1n) is 5.00. The summed E-state index contributed by atoms with van der Waals surface area (Å²) in [5.74, 6) is 0. The van der Waals surface area contributed by atoms with Gasteiger partial charge in [-0.3, -0.25) is 0 Å². The maximum Gasteiger partial charge on any atom is 0.0896 e. The molecule has 0 heterocycles. The van der Waals surface area contributed by atoms with E-state index in [-0.39, 0.29) is 17.1 Å². The molecule has 1 nitrogen and oxygen atoms in total. The second-order valence-corrected chi connectivity index (χ2v) is 3.88. The minimum Gasteiger partial charge on any atom is -0.385 e. The van der Waals surface area contributed by atoms with Crippen molar-refractivity contribution in [3.63, 3.8) is 0 Å². The van der Waals surface area contributed by atoms with Crippen LogP contribution in [0.4, 0.5) is 0 Å². The van der Waals surface area contributed by atoms with E-state index in [0.717, 1.165) is 31.2 Å². The van der Waals surface area contributed by atoms with Gasteiger partial charge >= 0.3 is 0 Å². The molecule has 1 saturated carbocycles. The molecule has 0 amide bonds. The van der Waals surface area contributed by atoms with Crippen molar-refractivity contribution in [2.45, 2.75) is 37.7 Å². The predicted molar refractivity (Wildman–Crippen MR) is 52.3 cm³/mol. The van der Waals surface area contributed by atoms with E-state index < -0.39 is 5.60 Å². The monoisotopic (exact) mass is 238 g/mol. The van der Waals surface area contributed by atoms with Crippen molar-refractivity contribution in [3.05, 3.63) is 35.9 Å². The van der Waals surface area contributed by atoms with Crippen molar-refractivity contribution in [1.29, 1.82) is 0 Å². The molecule has 1 aromatic carbocycles. The van der Waals surface area contributed by atoms with Gasteiger partial charge in [0.1, 0.15) is 0 Å². The van der Waals surface area contributed by atoms with Gasteiger partial charge in [-0.25, -0.2) is 0 Å². The van der Waals surface area contributed by atoms with E-state index in [2.05, 4.69) is 6.07 Å². The van der Waals surface area contributed by atoms with Crippen molar-refractivity contribution in [2.75, 3.05) is 0 Å². The molecule has 1 aliphatic rings. The SMILES string of the molecule is OC1(c2cc[c]cc2)CCCCC1.[Cu]. The van der Waals surface area contributed by atoms with Crippen LogP contribution in [0.5, 0.6) is 0 Å². The van der Waals surface area contributed by atoms with Crippen LogP contribution in [0, 0.1) is 6.07 Å². The zero-order valence-electron chi connectivity index (χ0n) is 8.09. The van der Waals surface area contributed by atoms with Crippen LogP contribution in [0.15, 0.2) is 24.3 Å². The molecule has 0 aliphatic heterocycles. The first-order chi connectivity index (χ1) is 6.31. The summed E-state index contributed by atoms with van der Waals surface area (Å²) in [6, 6.07) is 10.7. The molecule has 1 fully saturated rings. The van der Waals surface area contributed by atoms with E-state index in [4.69, 9.17) is 0 Å². The molecule has 2 heteroatoms. The second kappa shape index (κ2) is 4.97. The summed E-state index contributed by atoms with van der Waals surface area (Å²) in [5.41, 5.74) is 0.513. The fourth-order valence-electron chi connectivity index (χ4n) is 2.12. The Morgan fingerprint density at radius 2 is 1.64 bits per heavy atom. The summed E-state index contributed by atoms with van der Waals surface area (Å²) in [7, 11) is 0. The zero-order valence-corrected chi connectivity index (χ0v) is 9.04. The average molecular weight is 239 g/mol. The molecular weight excluding hydrogens is 224 g/mol. The van der Waals surface area contributed by atoms with Crippen LogP contribution < -0.4 is 0 Å². The Morgan fingerprint density at radius 3 is 2.21 bits per heavy atom. The smallest absolute Gasteiger partial charge is 0.0896 e. The molecule has 0 bridgehead atoms. The average Bonchev–Trinajstić information content (AvgIpc) is 2.20. The molecule has 1 N–H and O–H groups in total. The zero-order chi connectivity index (χ0) is 9.15. The number of rotatable bonds is 1. The third-order valence-corrected chi connectivity index (χ3v) is 2.94. The molecule has 2 radical (unpaired) electrons. The Kier molecular flexibility index (Phi) is 4.18. The Labute approximate surface area is 96.0 Å². The van der Waals surface area contributed by atoms with Crippen LogP contribution in [0.2, 0.25) is 0 Å². The Balaban J connectivity index is 0.000000980. The van der Waals surface area contributed by atoms with Gasteiger partial charge in [-0.15, -0.1) is 0 Å². The first-order valence-corrected chi connectivity index (χ1v) is 5.00. The van der Waals surface area contributed by atoms with Gasteiger partial charge in [0.15, 0.2) is 0 Å². The Hall–Kier alpha value is -0.301. The predicted octanol–water partition coefficient (Wildman–Crippen LogP) is 2.64. The molecular formula is C12H15CuO. The van der Waals surface area contributed by atoms with Gasteiger partial charge in [-0.1, -0.05) is 43.5 Å². The van der Waals surface area contributed by atoms with E-state index >= 15 is 0 Å². The van der Waals surface area contributed by atoms with Gasteiger partial charge in [0.05, 0.1) is 5.60 Å². The normalized spacial score (nSPS) is 19.8. The van der Waals surface area contributed by atoms with Crippen molar-refractivity contribution in [2.24, 2.45) is 0 Å². The van der Waals surface area contributed by atoms with Gasteiger partial charge in [0.25, 0.3) is 0 Å². The Bertz CT molecular complexity index is 265. The van der Waals surface area contributed by atoms with E-state index in [1.54, 1.807) is 0 Å². The summed E-state index contributed by atoms with van der Waals surface area (Å²) < 4.78 is 0. The maximum atomic E-state index is 10.3. The summed E-state index contributed by atoms with van der Waals surface area (Å²) in [6.07, 6.45) is 5.39. The molecule has 0 saturated heterocycles. The fourth-order valence-corrected chi connectivity index (χ4v) is 2.12. The van der Waals surface area contributed by atoms with Crippen molar-refractivity contribution >= 4 is 0 Å². The second-order valence-electron chi connectivity index (χ2n) is 3.88. The minimum atomic E-state index is -0.548. The van der Waals surface area contributed by atoms with Gasteiger partial charge in [-0.2, -0.15) is 0 Å². The number of hydrogen-bond acceptors (Lipinski definition) is 1. The Morgan fingerprint density at radius 1 is 1.07 bits per heavy atom. The topological polar surface area (TPSA) is 20.2 Å². The van der Waals surface area contributed by atoms with Crippen LogP contribution >= 0.6 is 0 Å². The third kappa shape index (κ3) is 2.38. The van der Waals surface area contributed by atoms with Gasteiger partial charge in [-0.05, 0) is 24.5 Å². The maximum absolute atomic E-state index is 10.3. The summed E-state index contributed by atoms with van der Waals surface area (Å²) in [4.78, 5) is 0. The van der Waals surface area contributed by atoms with E-state index in [1.165, 1.54) is 6.42 Å². The van der Waals surface area contributed by atoms with Crippen LogP contribution in [0.25, 0.3) is 0 Å². The standard InChI is InChI=1S/C12H15O.Cu/c13-12(9-5-2-6-10-12)11-7-3-1-4-8-11;/h3-4,7-8,13H,2,5-6,9-10H2;. The molecule has 0 unspecified atom stereocenters. The summed E-state index contributed by atoms with van der Waals surface area (Å²) in [6.45, 7) is 0. The molecule has 0 spiro atoms. The van der Waals surface area contributed by atoms with Gasteiger partial charge in [0, 0.05) is 17.1 Å². The molecule has 0 aromatic heterocycles. The van der Waals surface area contributed by atoms with Crippen molar-refractivity contribution < 1.29 is 22.2 Å². The molecule has 80 valence electrons. The minimum absolute atomic E-state index is 0. The van der Waals surface area contributed by atoms with Crippen molar-refractivity contribution in [1.82, 2.24) is 0 Å². The molecule has 2 rings (SSSR count). The molecule has 0 atom stereocenters. The van der Waals surface area contributed by atoms with Crippen LogP contribution in [-0.4, -0.2) is 5.11 Å². The number of benzene rings is 1. The van der Waals surface area contributed by atoms with E-state index in [0.29, 0.717) is 0 Å². The molecule has 14 heavy (non-hydrogen) atoms. The number of hydrogen-bond donors (Lipinski definition) is 1. The van der Waals surface area contributed by atoms with Crippen LogP contribution in [0.3, 0.4) is 0 Å². The van der Waals surface area contributed by atoms with Crippen LogP contribution in [0.1, 0.15) is 37.7 Å². The van der Waals surface area contributed by atoms with Crippen molar-refractivity contribution in [3.8, 4) is 0 Å². The van der Waals surface area contributed by atoms with Gasteiger partial charge < -0.3 is 5.11 Å².